The summed E-state index contributed by atoms with van der Waals surface area (Å²) in [4.78, 5) is 0. The van der Waals surface area contributed by atoms with E-state index in [0.29, 0.717) is 24.5 Å². The van der Waals surface area contributed by atoms with Crippen molar-refractivity contribution >= 4 is 0 Å². The summed E-state index contributed by atoms with van der Waals surface area (Å²) < 4.78 is 12.8. The Balaban J connectivity index is 1.86. The van der Waals surface area contributed by atoms with Crippen LogP contribution in [-0.2, 0) is 9.47 Å². The first-order chi connectivity index (χ1) is 10.9. The van der Waals surface area contributed by atoms with Gasteiger partial charge < -0.3 is 19.7 Å². The van der Waals surface area contributed by atoms with Gasteiger partial charge in [0.25, 0.3) is 0 Å². The van der Waals surface area contributed by atoms with E-state index in [4.69, 9.17) is 9.47 Å². The van der Waals surface area contributed by atoms with Crippen LogP contribution in [0.2, 0.25) is 0 Å². The van der Waals surface area contributed by atoms with E-state index in [0.717, 1.165) is 19.3 Å². The Morgan fingerprint density at radius 3 is 2.25 bits per heavy atom. The minimum Gasteiger partial charge on any atom is -0.489 e. The quantitative estimate of drug-likeness (QED) is 0.823. The van der Waals surface area contributed by atoms with Gasteiger partial charge in [-0.25, -0.2) is 0 Å². The number of fused-ring (bicyclic) bond motifs is 2. The first-order valence-electron chi connectivity index (χ1n) is 9.47. The largest absolute Gasteiger partial charge is 0.489 e. The molecule has 138 valence electrons. The highest BCUT2D eigenvalue weighted by molar-refractivity contribution is 5.22. The van der Waals surface area contributed by atoms with Crippen molar-refractivity contribution in [1.82, 2.24) is 0 Å². The Morgan fingerprint density at radius 1 is 1.04 bits per heavy atom. The van der Waals surface area contributed by atoms with Crippen LogP contribution < -0.4 is 0 Å². The van der Waals surface area contributed by atoms with Crippen molar-refractivity contribution in [2.24, 2.45) is 11.8 Å². The van der Waals surface area contributed by atoms with Crippen LogP contribution in [0.25, 0.3) is 0 Å². The molecule has 2 heterocycles. The van der Waals surface area contributed by atoms with Crippen LogP contribution >= 0.6 is 0 Å². The van der Waals surface area contributed by atoms with Gasteiger partial charge in [-0.2, -0.15) is 0 Å². The van der Waals surface area contributed by atoms with Gasteiger partial charge in [-0.1, -0.05) is 27.7 Å². The zero-order valence-corrected chi connectivity index (χ0v) is 16.1. The Hall–Kier alpha value is -0.580. The molecule has 2 bridgehead atoms. The molecule has 2 saturated heterocycles. The second kappa shape index (κ2) is 5.46. The molecule has 2 aliphatic heterocycles. The van der Waals surface area contributed by atoms with Gasteiger partial charge in [0.2, 0.25) is 0 Å². The summed E-state index contributed by atoms with van der Waals surface area (Å²) in [6, 6.07) is 0. The Kier molecular flexibility index (Phi) is 4.14. The van der Waals surface area contributed by atoms with Crippen LogP contribution in [0.1, 0.15) is 73.6 Å². The third kappa shape index (κ3) is 2.71. The molecule has 5 atom stereocenters. The molecule has 1 aliphatic carbocycles. The van der Waals surface area contributed by atoms with Crippen LogP contribution in [0.4, 0.5) is 0 Å². The predicted octanol–water partition coefficient (Wildman–Crippen LogP) is 3.56. The van der Waals surface area contributed by atoms with Crippen LogP contribution in [-0.4, -0.2) is 38.7 Å². The van der Waals surface area contributed by atoms with Crippen molar-refractivity contribution in [3.63, 3.8) is 0 Å². The lowest BCUT2D eigenvalue weighted by molar-refractivity contribution is -0.103. The summed E-state index contributed by atoms with van der Waals surface area (Å²) >= 11 is 0. The van der Waals surface area contributed by atoms with Gasteiger partial charge in [-0.3, -0.25) is 0 Å². The smallest absolute Gasteiger partial charge is 0.130 e. The van der Waals surface area contributed by atoms with Gasteiger partial charge in [-0.15, -0.1) is 0 Å². The highest BCUT2D eigenvalue weighted by Gasteiger charge is 2.62. The molecular formula is C20H34O4. The standard InChI is InChI=1S/C20H34O4/c1-13(2)19(22)9-7-17(5,21)15(11-19)23-16-12-20(14(3)4)10-8-18(16,6)24-20/h11,13-14,16,21-22H,7-10,12H2,1-6H3/t16?,17-,18?,19?,20?/m0/s1. The first-order valence-corrected chi connectivity index (χ1v) is 9.47. The fourth-order valence-electron chi connectivity index (χ4n) is 4.53. The van der Waals surface area contributed by atoms with E-state index in [2.05, 4.69) is 20.8 Å². The zero-order chi connectivity index (χ0) is 18.0. The molecule has 0 aromatic carbocycles. The molecule has 0 radical (unpaired) electrons. The lowest BCUT2D eigenvalue weighted by Gasteiger charge is -2.42. The van der Waals surface area contributed by atoms with Gasteiger partial charge in [0.15, 0.2) is 0 Å². The molecule has 4 unspecified atom stereocenters. The number of aliphatic hydroxyl groups is 2. The maximum Gasteiger partial charge on any atom is 0.130 e. The number of hydrogen-bond donors (Lipinski definition) is 2. The van der Waals surface area contributed by atoms with Gasteiger partial charge in [-0.05, 0) is 57.4 Å². The molecule has 3 aliphatic rings. The summed E-state index contributed by atoms with van der Waals surface area (Å²) in [7, 11) is 0. The van der Waals surface area contributed by atoms with E-state index in [-0.39, 0.29) is 23.2 Å². The topological polar surface area (TPSA) is 58.9 Å². The molecule has 2 N–H and O–H groups in total. The van der Waals surface area contributed by atoms with Crippen molar-refractivity contribution < 1.29 is 19.7 Å². The Morgan fingerprint density at radius 2 is 1.71 bits per heavy atom. The molecule has 4 heteroatoms. The molecule has 2 fully saturated rings. The highest BCUT2D eigenvalue weighted by atomic mass is 16.6. The third-order valence-corrected chi connectivity index (χ3v) is 6.94. The van der Waals surface area contributed by atoms with Crippen LogP contribution in [0.5, 0.6) is 0 Å². The highest BCUT2D eigenvalue weighted by Crippen LogP contribution is 2.56. The van der Waals surface area contributed by atoms with Crippen molar-refractivity contribution in [2.45, 2.75) is 102 Å². The minimum absolute atomic E-state index is 0.0686. The third-order valence-electron chi connectivity index (χ3n) is 6.94. The summed E-state index contributed by atoms with van der Waals surface area (Å²) in [5.74, 6) is 1.05. The van der Waals surface area contributed by atoms with Crippen LogP contribution in [0.15, 0.2) is 11.8 Å². The van der Waals surface area contributed by atoms with Gasteiger partial charge >= 0.3 is 0 Å². The summed E-state index contributed by atoms with van der Waals surface area (Å²) in [6.07, 6.45) is 5.67. The number of hydrogen-bond acceptors (Lipinski definition) is 4. The number of rotatable bonds is 4. The van der Waals surface area contributed by atoms with Crippen LogP contribution in [0.3, 0.4) is 0 Å². The summed E-state index contributed by atoms with van der Waals surface area (Å²) in [5.41, 5.74) is -2.33. The van der Waals surface area contributed by atoms with Crippen LogP contribution in [0, 0.1) is 11.8 Å². The minimum atomic E-state index is -1.02. The van der Waals surface area contributed by atoms with E-state index < -0.39 is 11.2 Å². The van der Waals surface area contributed by atoms with E-state index >= 15 is 0 Å². The zero-order valence-electron chi connectivity index (χ0n) is 16.1. The first kappa shape index (κ1) is 18.2. The molecule has 4 nitrogen and oxygen atoms in total. The molecule has 0 spiro atoms. The van der Waals surface area contributed by atoms with E-state index in [1.54, 1.807) is 13.0 Å². The summed E-state index contributed by atoms with van der Waals surface area (Å²) in [5, 5.41) is 21.7. The molecular weight excluding hydrogens is 304 g/mol. The molecule has 0 amide bonds. The van der Waals surface area contributed by atoms with Gasteiger partial charge in [0, 0.05) is 6.42 Å². The monoisotopic (exact) mass is 338 g/mol. The Bertz CT molecular complexity index is 538. The molecule has 0 saturated carbocycles. The van der Waals surface area contributed by atoms with Crippen molar-refractivity contribution in [3.8, 4) is 0 Å². The van der Waals surface area contributed by atoms with Crippen molar-refractivity contribution in [3.05, 3.63) is 11.8 Å². The average Bonchev–Trinajstić information content (AvgIpc) is 2.96. The fourth-order valence-corrected chi connectivity index (χ4v) is 4.53. The maximum atomic E-state index is 10.9. The molecule has 3 rings (SSSR count). The fraction of sp³-hybridized carbons (Fsp3) is 0.900. The SMILES string of the molecule is CC(C)C1(O)C=C(OC2CC3(C(C)C)CCC2(C)O3)[C@@](C)(O)CC1. The normalized spacial score (nSPS) is 48.2. The van der Waals surface area contributed by atoms with Gasteiger partial charge in [0.05, 0.1) is 11.2 Å². The Labute approximate surface area is 146 Å². The lowest BCUT2D eigenvalue weighted by Crippen LogP contribution is -2.46. The summed E-state index contributed by atoms with van der Waals surface area (Å²) in [6.45, 7) is 12.3. The molecule has 0 aromatic heterocycles. The second-order valence-electron chi connectivity index (χ2n) is 9.37. The second-order valence-corrected chi connectivity index (χ2v) is 9.37. The van der Waals surface area contributed by atoms with E-state index in [9.17, 15) is 10.2 Å². The lowest BCUT2D eigenvalue weighted by atomic mass is 9.74. The predicted molar refractivity (Wildman–Crippen MR) is 93.5 cm³/mol. The van der Waals surface area contributed by atoms with Gasteiger partial charge in [0.1, 0.15) is 23.1 Å². The molecule has 0 aromatic rings. The van der Waals surface area contributed by atoms with E-state index in [1.807, 2.05) is 13.8 Å². The molecule has 24 heavy (non-hydrogen) atoms. The van der Waals surface area contributed by atoms with E-state index in [1.165, 1.54) is 0 Å². The number of ether oxygens (including phenoxy) is 2. The van der Waals surface area contributed by atoms with Crippen molar-refractivity contribution in [2.75, 3.05) is 0 Å². The van der Waals surface area contributed by atoms with Crippen molar-refractivity contribution in [1.29, 1.82) is 0 Å². The average molecular weight is 338 g/mol. The maximum absolute atomic E-state index is 10.9.